The molecule has 0 heterocycles. The highest BCUT2D eigenvalue weighted by molar-refractivity contribution is 5.42. The Morgan fingerprint density at radius 2 is 1.60 bits per heavy atom. The van der Waals surface area contributed by atoms with Crippen molar-refractivity contribution in [2.75, 3.05) is 0 Å². The standard InChI is InChI=1S/C8HF6N/c9-4-1-5(10)7(11)3(2-15)6(4)8(12,13)14/h1H. The summed E-state index contributed by atoms with van der Waals surface area (Å²) in [4.78, 5) is 0. The summed E-state index contributed by atoms with van der Waals surface area (Å²) in [7, 11) is 0. The predicted molar refractivity (Wildman–Crippen MR) is 36.0 cm³/mol. The van der Waals surface area contributed by atoms with Crippen molar-refractivity contribution in [1.29, 1.82) is 5.26 Å². The van der Waals surface area contributed by atoms with Crippen LogP contribution in [0.2, 0.25) is 0 Å². The van der Waals surface area contributed by atoms with E-state index in [1.807, 2.05) is 0 Å². The van der Waals surface area contributed by atoms with Crippen molar-refractivity contribution < 1.29 is 26.3 Å². The van der Waals surface area contributed by atoms with Crippen molar-refractivity contribution in [2.24, 2.45) is 0 Å². The fraction of sp³-hybridized carbons (Fsp3) is 0.125. The highest BCUT2D eigenvalue weighted by Gasteiger charge is 2.39. The first-order chi connectivity index (χ1) is 6.79. The van der Waals surface area contributed by atoms with Gasteiger partial charge in [-0.25, -0.2) is 13.2 Å². The van der Waals surface area contributed by atoms with E-state index in [2.05, 4.69) is 0 Å². The van der Waals surface area contributed by atoms with Crippen LogP contribution in [0.15, 0.2) is 6.07 Å². The lowest BCUT2D eigenvalue weighted by Gasteiger charge is -2.10. The van der Waals surface area contributed by atoms with Crippen molar-refractivity contribution in [3.05, 3.63) is 34.6 Å². The summed E-state index contributed by atoms with van der Waals surface area (Å²) >= 11 is 0. The van der Waals surface area contributed by atoms with Gasteiger partial charge in [0.15, 0.2) is 11.6 Å². The molecule has 0 amide bonds. The van der Waals surface area contributed by atoms with Gasteiger partial charge in [0.1, 0.15) is 23.0 Å². The average Bonchev–Trinajstić information content (AvgIpc) is 2.08. The maximum atomic E-state index is 12.7. The largest absolute Gasteiger partial charge is 0.420 e. The summed E-state index contributed by atoms with van der Waals surface area (Å²) in [5, 5.41) is 8.19. The molecule has 0 unspecified atom stereocenters. The molecule has 15 heavy (non-hydrogen) atoms. The maximum absolute atomic E-state index is 12.7. The first kappa shape index (κ1) is 11.4. The normalized spacial score (nSPS) is 11.3. The summed E-state index contributed by atoms with van der Waals surface area (Å²) in [6.45, 7) is 0. The summed E-state index contributed by atoms with van der Waals surface area (Å²) in [6.07, 6.45) is -5.25. The molecule has 0 fully saturated rings. The third-order valence-electron chi connectivity index (χ3n) is 1.57. The smallest absolute Gasteiger partial charge is 0.206 e. The van der Waals surface area contributed by atoms with E-state index in [4.69, 9.17) is 5.26 Å². The molecule has 0 atom stereocenters. The van der Waals surface area contributed by atoms with Gasteiger partial charge in [0.25, 0.3) is 0 Å². The Bertz CT molecular complexity index is 442. The zero-order valence-electron chi connectivity index (χ0n) is 6.79. The second-order valence-electron chi connectivity index (χ2n) is 2.51. The van der Waals surface area contributed by atoms with Gasteiger partial charge in [0.2, 0.25) is 0 Å². The fourth-order valence-corrected chi connectivity index (χ4v) is 0.977. The molecule has 0 saturated carbocycles. The molecule has 0 spiro atoms. The van der Waals surface area contributed by atoms with Crippen molar-refractivity contribution in [1.82, 2.24) is 0 Å². The Labute approximate surface area is 79.5 Å². The van der Waals surface area contributed by atoms with Gasteiger partial charge in [-0.1, -0.05) is 0 Å². The molecule has 1 aromatic rings. The molecular weight excluding hydrogens is 224 g/mol. The third-order valence-corrected chi connectivity index (χ3v) is 1.57. The number of hydrogen-bond acceptors (Lipinski definition) is 1. The first-order valence-corrected chi connectivity index (χ1v) is 3.43. The summed E-state index contributed by atoms with van der Waals surface area (Å²) < 4.78 is 74.2. The molecule has 1 aromatic carbocycles. The maximum Gasteiger partial charge on any atom is 0.420 e. The van der Waals surface area contributed by atoms with E-state index < -0.39 is 34.8 Å². The van der Waals surface area contributed by atoms with Crippen molar-refractivity contribution in [2.45, 2.75) is 6.18 Å². The highest BCUT2D eigenvalue weighted by atomic mass is 19.4. The number of halogens is 6. The molecule has 0 N–H and O–H groups in total. The van der Waals surface area contributed by atoms with Crippen LogP contribution in [-0.4, -0.2) is 0 Å². The van der Waals surface area contributed by atoms with E-state index in [0.717, 1.165) is 6.07 Å². The summed E-state index contributed by atoms with van der Waals surface area (Å²) in [5.74, 6) is -5.86. The van der Waals surface area contributed by atoms with Crippen LogP contribution in [0.5, 0.6) is 0 Å². The topological polar surface area (TPSA) is 23.8 Å². The highest BCUT2D eigenvalue weighted by Crippen LogP contribution is 2.35. The molecule has 0 aromatic heterocycles. The van der Waals surface area contributed by atoms with E-state index in [1.54, 1.807) is 0 Å². The van der Waals surface area contributed by atoms with Crippen LogP contribution in [0, 0.1) is 28.8 Å². The lowest BCUT2D eigenvalue weighted by molar-refractivity contribution is -0.140. The van der Waals surface area contributed by atoms with Crippen LogP contribution in [0.1, 0.15) is 11.1 Å². The predicted octanol–water partition coefficient (Wildman–Crippen LogP) is 2.99. The number of nitriles is 1. The number of nitrogens with zero attached hydrogens (tertiary/aromatic N) is 1. The van der Waals surface area contributed by atoms with Gasteiger partial charge in [0, 0.05) is 6.07 Å². The van der Waals surface area contributed by atoms with Crippen LogP contribution in [0.3, 0.4) is 0 Å². The molecular formula is C8HF6N. The van der Waals surface area contributed by atoms with Gasteiger partial charge < -0.3 is 0 Å². The molecule has 0 aliphatic rings. The fourth-order valence-electron chi connectivity index (χ4n) is 0.977. The first-order valence-electron chi connectivity index (χ1n) is 3.43. The zero-order chi connectivity index (χ0) is 11.8. The number of rotatable bonds is 0. The Hall–Kier alpha value is -1.71. The van der Waals surface area contributed by atoms with Gasteiger partial charge in [-0.2, -0.15) is 18.4 Å². The molecule has 1 rings (SSSR count). The Morgan fingerprint density at radius 1 is 1.07 bits per heavy atom. The Morgan fingerprint density at radius 3 is 2.00 bits per heavy atom. The van der Waals surface area contributed by atoms with Gasteiger partial charge >= 0.3 is 6.18 Å². The van der Waals surface area contributed by atoms with Crippen LogP contribution < -0.4 is 0 Å². The molecule has 0 radical (unpaired) electrons. The summed E-state index contributed by atoms with van der Waals surface area (Å²) in [6, 6.07) is 0.526. The number of benzene rings is 1. The lowest BCUT2D eigenvalue weighted by atomic mass is 10.1. The second kappa shape index (κ2) is 3.46. The lowest BCUT2D eigenvalue weighted by Crippen LogP contribution is -2.13. The molecule has 0 bridgehead atoms. The van der Waals surface area contributed by atoms with Crippen molar-refractivity contribution in [3.63, 3.8) is 0 Å². The molecule has 1 nitrogen and oxygen atoms in total. The van der Waals surface area contributed by atoms with Crippen LogP contribution in [0.25, 0.3) is 0 Å². The van der Waals surface area contributed by atoms with E-state index in [-0.39, 0.29) is 6.07 Å². The van der Waals surface area contributed by atoms with Gasteiger partial charge in [0.05, 0.1) is 0 Å². The SMILES string of the molecule is N#Cc1c(F)c(F)cc(F)c1C(F)(F)F. The van der Waals surface area contributed by atoms with Crippen LogP contribution in [0.4, 0.5) is 26.3 Å². The Kier molecular flexibility index (Phi) is 2.62. The quantitative estimate of drug-likeness (QED) is 0.491. The van der Waals surface area contributed by atoms with Crippen molar-refractivity contribution in [3.8, 4) is 6.07 Å². The molecule has 0 saturated heterocycles. The molecule has 80 valence electrons. The van der Waals surface area contributed by atoms with E-state index in [9.17, 15) is 26.3 Å². The van der Waals surface area contributed by atoms with E-state index >= 15 is 0 Å². The average molecular weight is 225 g/mol. The summed E-state index contributed by atoms with van der Waals surface area (Å²) in [5.41, 5.74) is -3.77. The van der Waals surface area contributed by atoms with E-state index in [1.165, 1.54) is 0 Å². The van der Waals surface area contributed by atoms with Crippen LogP contribution in [-0.2, 0) is 6.18 Å². The van der Waals surface area contributed by atoms with Crippen molar-refractivity contribution >= 4 is 0 Å². The van der Waals surface area contributed by atoms with E-state index in [0.29, 0.717) is 0 Å². The van der Waals surface area contributed by atoms with Gasteiger partial charge in [-0.05, 0) is 0 Å². The molecule has 7 heteroatoms. The van der Waals surface area contributed by atoms with Gasteiger partial charge in [-0.3, -0.25) is 0 Å². The number of hydrogen-bond donors (Lipinski definition) is 0. The Balaban J connectivity index is 3.67. The monoisotopic (exact) mass is 225 g/mol. The van der Waals surface area contributed by atoms with Gasteiger partial charge in [-0.15, -0.1) is 0 Å². The molecule has 0 aliphatic carbocycles. The zero-order valence-corrected chi connectivity index (χ0v) is 6.79. The second-order valence-corrected chi connectivity index (χ2v) is 2.51. The minimum absolute atomic E-state index is 0.251. The minimum atomic E-state index is -5.25. The van der Waals surface area contributed by atoms with Crippen LogP contribution >= 0.6 is 0 Å². The third kappa shape index (κ3) is 1.88. The minimum Gasteiger partial charge on any atom is -0.206 e. The molecule has 0 aliphatic heterocycles. The number of alkyl halides is 3.